The number of para-hydroxylation sites is 1. The topological polar surface area (TPSA) is 142 Å². The normalized spacial score (nSPS) is 12.3. The van der Waals surface area contributed by atoms with E-state index < -0.39 is 11.8 Å². The lowest BCUT2D eigenvalue weighted by Crippen LogP contribution is -2.18. The molecule has 0 atom stereocenters. The maximum Gasteiger partial charge on any atom is 0.519 e. The van der Waals surface area contributed by atoms with Gasteiger partial charge in [0, 0.05) is 5.56 Å². The van der Waals surface area contributed by atoms with Crippen molar-refractivity contribution in [2.75, 3.05) is 0 Å². The number of hydrazone groups is 1. The van der Waals surface area contributed by atoms with Crippen LogP contribution in [0.5, 0.6) is 0 Å². The van der Waals surface area contributed by atoms with E-state index in [0.29, 0.717) is 11.0 Å². The average Bonchev–Trinajstić information content (AvgIpc) is 3.63. The third-order valence-electron chi connectivity index (χ3n) is 6.19. The van der Waals surface area contributed by atoms with Gasteiger partial charge in [-0.05, 0) is 35.7 Å². The number of benzene rings is 3. The number of nitrogens with zero attached hydrogens (tertiary/aromatic N) is 2. The van der Waals surface area contributed by atoms with Crippen molar-refractivity contribution in [3.05, 3.63) is 116 Å². The van der Waals surface area contributed by atoms with E-state index in [2.05, 4.69) is 15.5 Å². The molecule has 10 heteroatoms. The van der Waals surface area contributed by atoms with Crippen LogP contribution in [0.2, 0.25) is 0 Å². The fourth-order valence-corrected chi connectivity index (χ4v) is 4.31. The van der Waals surface area contributed by atoms with E-state index >= 15 is 0 Å². The van der Waals surface area contributed by atoms with Crippen LogP contribution < -0.4 is 16.9 Å². The zero-order valence-corrected chi connectivity index (χ0v) is 19.6. The number of carbonyl (C=O) groups excluding carboxylic acids is 1. The molecular formula is C27H20N4O6. The Morgan fingerprint density at radius 2 is 1.73 bits per heavy atom. The molecule has 1 aliphatic rings. The molecule has 1 aliphatic heterocycles. The molecule has 6 rings (SSSR count). The van der Waals surface area contributed by atoms with Gasteiger partial charge in [0.25, 0.3) is 0 Å². The molecule has 0 saturated carbocycles. The third kappa shape index (κ3) is 4.25. The molecule has 37 heavy (non-hydrogen) atoms. The lowest BCUT2D eigenvalue weighted by molar-refractivity contribution is 0.0444. The maximum absolute atomic E-state index is 12.9. The van der Waals surface area contributed by atoms with Gasteiger partial charge in [-0.2, -0.15) is 5.10 Å². The van der Waals surface area contributed by atoms with E-state index in [-0.39, 0.29) is 35.9 Å². The number of rotatable bonds is 7. The number of amidine groups is 1. The highest BCUT2D eigenvalue weighted by Gasteiger charge is 2.20. The van der Waals surface area contributed by atoms with Gasteiger partial charge in [-0.3, -0.25) is 9.99 Å². The van der Waals surface area contributed by atoms with E-state index in [9.17, 15) is 14.4 Å². The van der Waals surface area contributed by atoms with Gasteiger partial charge in [0.1, 0.15) is 0 Å². The SMILES string of the molecule is Cc1oc(=O)oc1COC(=O)c1cccc2[nH]c(=O)n(Cc3ccc(-c4ccccc4C4=NN4)cc3)c12. The predicted octanol–water partition coefficient (Wildman–Crippen LogP) is 3.52. The van der Waals surface area contributed by atoms with Gasteiger partial charge in [-0.25, -0.2) is 14.4 Å². The highest BCUT2D eigenvalue weighted by Crippen LogP contribution is 2.26. The minimum atomic E-state index is -0.863. The molecule has 0 fully saturated rings. The van der Waals surface area contributed by atoms with Crippen molar-refractivity contribution >= 4 is 22.8 Å². The number of aromatic nitrogens is 2. The highest BCUT2D eigenvalue weighted by molar-refractivity contribution is 6.10. The van der Waals surface area contributed by atoms with E-state index in [0.717, 1.165) is 28.1 Å². The molecule has 0 spiro atoms. The molecule has 3 aromatic carbocycles. The molecular weight excluding hydrogens is 476 g/mol. The Labute approximate surface area is 208 Å². The molecule has 0 radical (unpaired) electrons. The number of carbonyl (C=O) groups is 1. The summed E-state index contributed by atoms with van der Waals surface area (Å²) < 4.78 is 16.5. The Kier molecular flexibility index (Phi) is 5.33. The Morgan fingerprint density at radius 1 is 0.973 bits per heavy atom. The first-order valence-electron chi connectivity index (χ1n) is 11.5. The lowest BCUT2D eigenvalue weighted by Gasteiger charge is -2.10. The van der Waals surface area contributed by atoms with Crippen molar-refractivity contribution in [2.45, 2.75) is 20.1 Å². The average molecular weight is 496 g/mol. The fourth-order valence-electron chi connectivity index (χ4n) is 4.31. The zero-order valence-electron chi connectivity index (χ0n) is 19.6. The number of hydrogen-bond acceptors (Lipinski definition) is 8. The molecule has 2 N–H and O–H groups in total. The number of esters is 1. The summed E-state index contributed by atoms with van der Waals surface area (Å²) in [5, 5.41) is 4.09. The monoisotopic (exact) mass is 496 g/mol. The minimum absolute atomic E-state index is 0.128. The van der Waals surface area contributed by atoms with Crippen molar-refractivity contribution in [2.24, 2.45) is 5.10 Å². The predicted molar refractivity (Wildman–Crippen MR) is 134 cm³/mol. The standard InChI is InChI=1S/C27H20N4O6/c1-15-22(37-27(34)36-15)14-35-25(32)20-7-4-8-21-23(20)31(26(33)28-21)13-16-9-11-17(12-10-16)18-5-2-3-6-19(18)24-29-30-24/h2-12H,13-14H2,1H3,(H,28,33)(H,29,30). The number of nitrogens with one attached hydrogen (secondary N) is 2. The van der Waals surface area contributed by atoms with Crippen molar-refractivity contribution in [1.82, 2.24) is 15.0 Å². The van der Waals surface area contributed by atoms with Crippen LogP contribution in [0.1, 0.15) is 33.0 Å². The summed E-state index contributed by atoms with van der Waals surface area (Å²) in [6.07, 6.45) is 0. The van der Waals surface area contributed by atoms with E-state index in [1.54, 1.807) is 25.1 Å². The van der Waals surface area contributed by atoms with E-state index in [1.807, 2.05) is 48.5 Å². The van der Waals surface area contributed by atoms with Crippen molar-refractivity contribution in [1.29, 1.82) is 0 Å². The summed E-state index contributed by atoms with van der Waals surface area (Å²) in [7, 11) is 0. The van der Waals surface area contributed by atoms with Crippen LogP contribution >= 0.6 is 0 Å². The number of ether oxygens (including phenoxy) is 1. The van der Waals surface area contributed by atoms with Gasteiger partial charge in [-0.1, -0.05) is 54.6 Å². The first-order chi connectivity index (χ1) is 18.0. The first kappa shape index (κ1) is 22.4. The van der Waals surface area contributed by atoms with E-state index in [1.165, 1.54) is 4.57 Å². The molecule has 0 amide bonds. The van der Waals surface area contributed by atoms with Crippen LogP contribution in [-0.2, 0) is 17.9 Å². The second kappa shape index (κ2) is 8.83. The Morgan fingerprint density at radius 3 is 2.43 bits per heavy atom. The third-order valence-corrected chi connectivity index (χ3v) is 6.19. The lowest BCUT2D eigenvalue weighted by atomic mass is 9.98. The summed E-state index contributed by atoms with van der Waals surface area (Å²) in [6.45, 7) is 1.51. The van der Waals surface area contributed by atoms with Crippen LogP contribution in [-0.4, -0.2) is 21.4 Å². The molecule has 184 valence electrons. The molecule has 5 aromatic rings. The van der Waals surface area contributed by atoms with Gasteiger partial charge in [-0.15, -0.1) is 0 Å². The summed E-state index contributed by atoms with van der Waals surface area (Å²) in [6, 6.07) is 20.8. The van der Waals surface area contributed by atoms with Crippen molar-refractivity contribution in [3.8, 4) is 11.1 Å². The summed E-state index contributed by atoms with van der Waals surface area (Å²) in [5.41, 5.74) is 7.67. The Balaban J connectivity index is 1.28. The number of aryl methyl sites for hydroxylation is 1. The number of hydrogen-bond donors (Lipinski definition) is 2. The van der Waals surface area contributed by atoms with Gasteiger partial charge < -0.3 is 18.6 Å². The number of fused-ring (bicyclic) bond motifs is 1. The largest absolute Gasteiger partial charge is 0.519 e. The quantitative estimate of drug-likeness (QED) is 0.328. The number of aromatic amines is 1. The van der Waals surface area contributed by atoms with Gasteiger partial charge in [0.15, 0.2) is 24.0 Å². The van der Waals surface area contributed by atoms with Gasteiger partial charge in [0.05, 0.1) is 23.1 Å². The minimum Gasteiger partial charge on any atom is -0.454 e. The highest BCUT2D eigenvalue weighted by atomic mass is 16.6. The van der Waals surface area contributed by atoms with Crippen LogP contribution in [0.3, 0.4) is 0 Å². The van der Waals surface area contributed by atoms with Crippen LogP contribution in [0.25, 0.3) is 22.2 Å². The smallest absolute Gasteiger partial charge is 0.454 e. The van der Waals surface area contributed by atoms with Crippen LogP contribution in [0.4, 0.5) is 0 Å². The van der Waals surface area contributed by atoms with Crippen LogP contribution in [0.15, 0.2) is 90.3 Å². The van der Waals surface area contributed by atoms with Crippen LogP contribution in [0, 0.1) is 6.92 Å². The molecule has 0 unspecified atom stereocenters. The molecule has 0 saturated heterocycles. The van der Waals surface area contributed by atoms with E-state index in [4.69, 9.17) is 13.6 Å². The zero-order chi connectivity index (χ0) is 25.5. The first-order valence-corrected chi connectivity index (χ1v) is 11.5. The molecule has 2 aromatic heterocycles. The second-order valence-electron chi connectivity index (χ2n) is 8.54. The fraction of sp³-hybridized carbons (Fsp3) is 0.111. The molecule has 0 bridgehead atoms. The maximum atomic E-state index is 12.9. The molecule has 10 nitrogen and oxygen atoms in total. The second-order valence-corrected chi connectivity index (χ2v) is 8.54. The number of H-pyrrole nitrogens is 1. The molecule has 0 aliphatic carbocycles. The van der Waals surface area contributed by atoms with Gasteiger partial charge in [0.2, 0.25) is 0 Å². The van der Waals surface area contributed by atoms with Crippen molar-refractivity contribution < 1.29 is 18.4 Å². The number of imidazole rings is 1. The Bertz CT molecular complexity index is 1800. The summed E-state index contributed by atoms with van der Waals surface area (Å²) in [4.78, 5) is 39.8. The summed E-state index contributed by atoms with van der Waals surface area (Å²) in [5.74, 6) is -0.303. The van der Waals surface area contributed by atoms with Gasteiger partial charge >= 0.3 is 17.5 Å². The summed E-state index contributed by atoms with van der Waals surface area (Å²) >= 11 is 0. The van der Waals surface area contributed by atoms with Crippen molar-refractivity contribution in [3.63, 3.8) is 0 Å². The Hall–Kier alpha value is -5.12. The molecule has 3 heterocycles.